The first kappa shape index (κ1) is 15.2. The van der Waals surface area contributed by atoms with Crippen molar-refractivity contribution in [3.63, 3.8) is 0 Å². The molecular weight excluding hydrogens is 327 g/mol. The van der Waals surface area contributed by atoms with Crippen molar-refractivity contribution in [2.45, 2.75) is 0 Å². The molecule has 0 aliphatic heterocycles. The molecule has 0 spiro atoms. The maximum Gasteiger partial charge on any atom is 0.259 e. The average Bonchev–Trinajstić information content (AvgIpc) is 2.99. The van der Waals surface area contributed by atoms with E-state index in [0.29, 0.717) is 11.3 Å². The molecule has 1 N–H and O–H groups in total. The minimum absolute atomic E-state index is 0.177. The third-order valence-electron chi connectivity index (χ3n) is 2.93. The van der Waals surface area contributed by atoms with Crippen LogP contribution in [0.25, 0.3) is 11.3 Å². The Morgan fingerprint density at radius 1 is 1.09 bits per heavy atom. The van der Waals surface area contributed by atoms with E-state index in [1.807, 2.05) is 0 Å². The van der Waals surface area contributed by atoms with Crippen molar-refractivity contribution in [3.8, 4) is 11.3 Å². The molecule has 0 bridgehead atoms. The van der Waals surface area contributed by atoms with Gasteiger partial charge in [-0.1, -0.05) is 0 Å². The largest absolute Gasteiger partial charge is 0.298 e. The maximum absolute atomic E-state index is 13.2. The second-order valence-corrected chi connectivity index (χ2v) is 5.35. The number of nitrogens with zero attached hydrogens (tertiary/aromatic N) is 2. The van der Waals surface area contributed by atoms with Crippen molar-refractivity contribution in [1.82, 2.24) is 9.97 Å². The van der Waals surface area contributed by atoms with Gasteiger partial charge in [0.2, 0.25) is 5.95 Å². The molecule has 0 fully saturated rings. The summed E-state index contributed by atoms with van der Waals surface area (Å²) in [6.45, 7) is 0. The lowest BCUT2D eigenvalue weighted by molar-refractivity contribution is 0.102. The molecule has 8 heteroatoms. The SMILES string of the molecule is O=C(Nc1nc(-c2ccc(F)c(F)c2)cs1)c1ccc(F)nc1. The van der Waals surface area contributed by atoms with Crippen molar-refractivity contribution >= 4 is 22.4 Å². The lowest BCUT2D eigenvalue weighted by Crippen LogP contribution is -2.12. The van der Waals surface area contributed by atoms with Crippen molar-refractivity contribution in [3.05, 3.63) is 65.1 Å². The van der Waals surface area contributed by atoms with E-state index < -0.39 is 23.5 Å². The van der Waals surface area contributed by atoms with Crippen LogP contribution >= 0.6 is 11.3 Å². The summed E-state index contributed by atoms with van der Waals surface area (Å²) in [6, 6.07) is 5.79. The topological polar surface area (TPSA) is 54.9 Å². The zero-order valence-electron chi connectivity index (χ0n) is 11.4. The lowest BCUT2D eigenvalue weighted by atomic mass is 10.2. The molecule has 3 rings (SSSR count). The summed E-state index contributed by atoms with van der Waals surface area (Å²) in [5, 5.41) is 4.41. The van der Waals surface area contributed by atoms with Crippen LogP contribution in [0.3, 0.4) is 0 Å². The molecule has 2 aromatic heterocycles. The van der Waals surface area contributed by atoms with Gasteiger partial charge in [0.05, 0.1) is 11.3 Å². The molecule has 0 radical (unpaired) electrons. The number of halogens is 3. The molecule has 23 heavy (non-hydrogen) atoms. The molecule has 116 valence electrons. The molecular formula is C15H8F3N3OS. The summed E-state index contributed by atoms with van der Waals surface area (Å²) in [6.07, 6.45) is 1.11. The summed E-state index contributed by atoms with van der Waals surface area (Å²) in [4.78, 5) is 19.5. The monoisotopic (exact) mass is 335 g/mol. The number of pyridine rings is 1. The highest BCUT2D eigenvalue weighted by Crippen LogP contribution is 2.26. The normalized spacial score (nSPS) is 10.6. The van der Waals surface area contributed by atoms with Gasteiger partial charge in [-0.05, 0) is 30.3 Å². The minimum atomic E-state index is -0.974. The van der Waals surface area contributed by atoms with Gasteiger partial charge in [0.15, 0.2) is 16.8 Å². The molecule has 0 saturated heterocycles. The second kappa shape index (κ2) is 6.17. The van der Waals surface area contributed by atoms with Crippen LogP contribution in [0.4, 0.5) is 18.3 Å². The first-order chi connectivity index (χ1) is 11.0. The maximum atomic E-state index is 13.2. The third-order valence-corrected chi connectivity index (χ3v) is 3.69. The Kier molecular flexibility index (Phi) is 4.07. The summed E-state index contributed by atoms with van der Waals surface area (Å²) in [5.74, 6) is -3.10. The zero-order valence-corrected chi connectivity index (χ0v) is 12.2. The number of amides is 1. The Balaban J connectivity index is 1.77. The van der Waals surface area contributed by atoms with Crippen LogP contribution in [0.2, 0.25) is 0 Å². The number of rotatable bonds is 3. The molecule has 4 nitrogen and oxygen atoms in total. The van der Waals surface area contributed by atoms with Crippen LogP contribution in [-0.4, -0.2) is 15.9 Å². The molecule has 1 aromatic carbocycles. The predicted octanol–water partition coefficient (Wildman–Crippen LogP) is 3.87. The van der Waals surface area contributed by atoms with E-state index in [9.17, 15) is 18.0 Å². The van der Waals surface area contributed by atoms with Gasteiger partial charge in [0, 0.05) is 17.1 Å². The highest BCUT2D eigenvalue weighted by atomic mass is 32.1. The minimum Gasteiger partial charge on any atom is -0.298 e. The van der Waals surface area contributed by atoms with Gasteiger partial charge >= 0.3 is 0 Å². The fraction of sp³-hybridized carbons (Fsp3) is 0. The number of benzene rings is 1. The van der Waals surface area contributed by atoms with E-state index in [1.165, 1.54) is 12.1 Å². The fourth-order valence-corrected chi connectivity index (χ4v) is 2.51. The number of aromatic nitrogens is 2. The summed E-state index contributed by atoms with van der Waals surface area (Å²) >= 11 is 1.13. The van der Waals surface area contributed by atoms with Crippen LogP contribution in [0.5, 0.6) is 0 Å². The van der Waals surface area contributed by atoms with E-state index in [0.717, 1.165) is 35.7 Å². The number of carbonyl (C=O) groups excluding carboxylic acids is 1. The number of hydrogen-bond acceptors (Lipinski definition) is 4. The van der Waals surface area contributed by atoms with Crippen molar-refractivity contribution < 1.29 is 18.0 Å². The van der Waals surface area contributed by atoms with Gasteiger partial charge < -0.3 is 0 Å². The lowest BCUT2D eigenvalue weighted by Gasteiger charge is -2.01. The quantitative estimate of drug-likeness (QED) is 0.739. The van der Waals surface area contributed by atoms with E-state index in [2.05, 4.69) is 15.3 Å². The highest BCUT2D eigenvalue weighted by Gasteiger charge is 2.12. The third kappa shape index (κ3) is 3.37. The zero-order chi connectivity index (χ0) is 16.4. The van der Waals surface area contributed by atoms with E-state index in [1.54, 1.807) is 5.38 Å². The standard InChI is InChI=1S/C15H8F3N3OS/c16-10-3-1-8(5-11(10)17)12-7-23-15(20-12)21-14(22)9-2-4-13(18)19-6-9/h1-7H,(H,20,21,22). The Morgan fingerprint density at radius 3 is 2.61 bits per heavy atom. The summed E-state index contributed by atoms with van der Waals surface area (Å²) in [5.41, 5.74) is 0.974. The smallest absolute Gasteiger partial charge is 0.259 e. The Morgan fingerprint density at radius 2 is 1.91 bits per heavy atom. The highest BCUT2D eigenvalue weighted by molar-refractivity contribution is 7.14. The van der Waals surface area contributed by atoms with Crippen molar-refractivity contribution in [1.29, 1.82) is 0 Å². The van der Waals surface area contributed by atoms with Gasteiger partial charge in [-0.15, -0.1) is 11.3 Å². The van der Waals surface area contributed by atoms with Crippen molar-refractivity contribution in [2.75, 3.05) is 5.32 Å². The van der Waals surface area contributed by atoms with Gasteiger partial charge in [-0.3, -0.25) is 10.1 Å². The predicted molar refractivity (Wildman–Crippen MR) is 79.6 cm³/mol. The Hall–Kier alpha value is -2.74. The summed E-state index contributed by atoms with van der Waals surface area (Å²) < 4.78 is 38.9. The van der Waals surface area contributed by atoms with Crippen LogP contribution in [-0.2, 0) is 0 Å². The first-order valence-corrected chi connectivity index (χ1v) is 7.25. The van der Waals surface area contributed by atoms with Gasteiger partial charge in [-0.2, -0.15) is 4.39 Å². The number of hydrogen-bond donors (Lipinski definition) is 1. The van der Waals surface area contributed by atoms with Crippen LogP contribution in [0, 0.1) is 17.6 Å². The van der Waals surface area contributed by atoms with Crippen LogP contribution in [0.15, 0.2) is 41.9 Å². The molecule has 0 atom stereocenters. The van der Waals surface area contributed by atoms with E-state index in [-0.39, 0.29) is 10.7 Å². The number of nitrogens with one attached hydrogen (secondary N) is 1. The molecule has 2 heterocycles. The first-order valence-electron chi connectivity index (χ1n) is 6.37. The summed E-state index contributed by atoms with van der Waals surface area (Å²) in [7, 11) is 0. The molecule has 1 amide bonds. The van der Waals surface area contributed by atoms with Gasteiger partial charge in [0.1, 0.15) is 0 Å². The molecule has 0 unspecified atom stereocenters. The number of carbonyl (C=O) groups is 1. The molecule has 0 aliphatic carbocycles. The molecule has 0 saturated carbocycles. The van der Waals surface area contributed by atoms with Crippen LogP contribution < -0.4 is 5.32 Å². The molecule has 3 aromatic rings. The Bertz CT molecular complexity index is 865. The molecule has 0 aliphatic rings. The fourth-order valence-electron chi connectivity index (χ4n) is 1.80. The Labute approximate surface area is 132 Å². The van der Waals surface area contributed by atoms with E-state index in [4.69, 9.17) is 0 Å². The number of thiazole rings is 1. The van der Waals surface area contributed by atoms with Gasteiger partial charge in [-0.25, -0.2) is 18.7 Å². The van der Waals surface area contributed by atoms with Crippen molar-refractivity contribution in [2.24, 2.45) is 0 Å². The number of anilines is 1. The van der Waals surface area contributed by atoms with Crippen LogP contribution in [0.1, 0.15) is 10.4 Å². The van der Waals surface area contributed by atoms with E-state index >= 15 is 0 Å². The average molecular weight is 335 g/mol. The van der Waals surface area contributed by atoms with Gasteiger partial charge in [0.25, 0.3) is 5.91 Å². The second-order valence-electron chi connectivity index (χ2n) is 4.49.